The average Bonchev–Trinajstić information content (AvgIpc) is 3.15. The van der Waals surface area contributed by atoms with Crippen molar-refractivity contribution >= 4 is 12.0 Å². The van der Waals surface area contributed by atoms with Gasteiger partial charge in [0.25, 0.3) is 0 Å². The molecular weight excluding hydrogens is 359 g/mol. The van der Waals surface area contributed by atoms with E-state index in [0.717, 1.165) is 5.56 Å². The number of aromatic nitrogens is 3. The summed E-state index contributed by atoms with van der Waals surface area (Å²) < 4.78 is 20.1. The van der Waals surface area contributed by atoms with Gasteiger partial charge in [-0.2, -0.15) is 0 Å². The summed E-state index contributed by atoms with van der Waals surface area (Å²) in [6.07, 6.45) is 4.87. The van der Waals surface area contributed by atoms with Gasteiger partial charge in [-0.25, -0.2) is 9.07 Å². The second kappa shape index (κ2) is 9.45. The lowest BCUT2D eigenvalue weighted by Gasteiger charge is -2.15. The van der Waals surface area contributed by atoms with E-state index in [9.17, 15) is 9.18 Å². The number of nitrogens with zero attached hydrogens (tertiary/aromatic N) is 4. The highest BCUT2D eigenvalue weighted by Crippen LogP contribution is 2.10. The topological polar surface area (TPSA) is 60.2 Å². The number of amides is 1. The molecule has 0 aliphatic rings. The van der Waals surface area contributed by atoms with Crippen molar-refractivity contribution in [2.75, 3.05) is 20.2 Å². The van der Waals surface area contributed by atoms with Crippen LogP contribution in [-0.2, 0) is 11.3 Å². The van der Waals surface area contributed by atoms with Crippen molar-refractivity contribution in [3.05, 3.63) is 83.9 Å². The lowest BCUT2D eigenvalue weighted by atomic mass is 10.2. The molecular formula is C21H21FN4O2. The van der Waals surface area contributed by atoms with Crippen molar-refractivity contribution in [2.45, 2.75) is 6.54 Å². The SMILES string of the molecule is CN(CCOc1ccc(F)cc1)C(=O)C=Cc1cn(Cc2ccccc2)nn1. The van der Waals surface area contributed by atoms with Gasteiger partial charge in [-0.1, -0.05) is 35.5 Å². The third kappa shape index (κ3) is 5.77. The zero-order chi connectivity index (χ0) is 19.8. The second-order valence-corrected chi connectivity index (χ2v) is 6.22. The van der Waals surface area contributed by atoms with Gasteiger partial charge in [0, 0.05) is 13.1 Å². The summed E-state index contributed by atoms with van der Waals surface area (Å²) in [7, 11) is 1.69. The largest absolute Gasteiger partial charge is 0.492 e. The highest BCUT2D eigenvalue weighted by molar-refractivity contribution is 5.91. The van der Waals surface area contributed by atoms with E-state index in [2.05, 4.69) is 10.3 Å². The summed E-state index contributed by atoms with van der Waals surface area (Å²) in [6.45, 7) is 1.34. The predicted molar refractivity (Wildman–Crippen MR) is 104 cm³/mol. The molecule has 2 aromatic carbocycles. The highest BCUT2D eigenvalue weighted by Gasteiger charge is 2.06. The van der Waals surface area contributed by atoms with E-state index in [1.807, 2.05) is 30.3 Å². The van der Waals surface area contributed by atoms with Gasteiger partial charge in [0.2, 0.25) is 5.91 Å². The van der Waals surface area contributed by atoms with Gasteiger partial charge in [-0.15, -0.1) is 5.10 Å². The molecule has 0 bridgehead atoms. The van der Waals surface area contributed by atoms with Gasteiger partial charge in [0.05, 0.1) is 19.3 Å². The minimum Gasteiger partial charge on any atom is -0.492 e. The van der Waals surface area contributed by atoms with Gasteiger partial charge in [0.15, 0.2) is 0 Å². The Kier molecular flexibility index (Phi) is 6.51. The Balaban J connectivity index is 1.45. The van der Waals surface area contributed by atoms with E-state index in [4.69, 9.17) is 4.74 Å². The maximum atomic E-state index is 12.9. The molecule has 0 saturated carbocycles. The molecule has 1 aromatic heterocycles. The van der Waals surface area contributed by atoms with Gasteiger partial charge < -0.3 is 9.64 Å². The third-order valence-electron chi connectivity index (χ3n) is 4.03. The number of hydrogen-bond acceptors (Lipinski definition) is 4. The van der Waals surface area contributed by atoms with Crippen molar-refractivity contribution in [3.63, 3.8) is 0 Å². The number of rotatable bonds is 8. The smallest absolute Gasteiger partial charge is 0.246 e. The van der Waals surface area contributed by atoms with Crippen molar-refractivity contribution in [1.82, 2.24) is 19.9 Å². The Hall–Kier alpha value is -3.48. The first-order chi connectivity index (χ1) is 13.6. The molecule has 1 amide bonds. The molecule has 28 heavy (non-hydrogen) atoms. The van der Waals surface area contributed by atoms with Crippen molar-refractivity contribution in [3.8, 4) is 5.75 Å². The number of halogens is 1. The van der Waals surface area contributed by atoms with Crippen LogP contribution in [-0.4, -0.2) is 46.0 Å². The molecule has 0 radical (unpaired) electrons. The quantitative estimate of drug-likeness (QED) is 0.564. The minimum atomic E-state index is -0.314. The summed E-state index contributed by atoms with van der Waals surface area (Å²) in [4.78, 5) is 13.7. The number of ether oxygens (including phenoxy) is 1. The number of carbonyl (C=O) groups excluding carboxylic acids is 1. The van der Waals surface area contributed by atoms with Crippen molar-refractivity contribution in [2.24, 2.45) is 0 Å². The van der Waals surface area contributed by atoms with E-state index < -0.39 is 0 Å². The zero-order valence-electron chi connectivity index (χ0n) is 15.5. The van der Waals surface area contributed by atoms with E-state index in [1.165, 1.54) is 23.1 Å². The first kappa shape index (κ1) is 19.3. The molecule has 3 aromatic rings. The Bertz CT molecular complexity index is 923. The number of hydrogen-bond donors (Lipinski definition) is 0. The van der Waals surface area contributed by atoms with Gasteiger partial charge >= 0.3 is 0 Å². The predicted octanol–water partition coefficient (Wildman–Crippen LogP) is 3.02. The highest BCUT2D eigenvalue weighted by atomic mass is 19.1. The average molecular weight is 380 g/mol. The van der Waals surface area contributed by atoms with Gasteiger partial charge in [-0.05, 0) is 35.9 Å². The summed E-state index contributed by atoms with van der Waals surface area (Å²) >= 11 is 0. The standard InChI is InChI=1S/C21H21FN4O2/c1-25(13-14-28-20-10-7-18(22)8-11-20)21(27)12-9-19-16-26(24-23-19)15-17-5-3-2-4-6-17/h2-12,16H,13-15H2,1H3. The van der Waals surface area contributed by atoms with Crippen LogP contribution in [0.3, 0.4) is 0 Å². The first-order valence-corrected chi connectivity index (χ1v) is 8.86. The van der Waals surface area contributed by atoms with Crippen LogP contribution >= 0.6 is 0 Å². The Labute approximate surface area is 162 Å². The molecule has 0 fully saturated rings. The maximum absolute atomic E-state index is 12.9. The number of carbonyl (C=O) groups is 1. The molecule has 1 heterocycles. The van der Waals surface area contributed by atoms with E-state index in [-0.39, 0.29) is 11.7 Å². The fraction of sp³-hybridized carbons (Fsp3) is 0.190. The number of likely N-dealkylation sites (N-methyl/N-ethyl adjacent to an activating group) is 1. The summed E-state index contributed by atoms with van der Waals surface area (Å²) in [5, 5.41) is 8.12. The fourth-order valence-electron chi connectivity index (χ4n) is 2.46. The first-order valence-electron chi connectivity index (χ1n) is 8.86. The Morgan fingerprint density at radius 1 is 1.18 bits per heavy atom. The van der Waals surface area contributed by atoms with Crippen LogP contribution in [0.2, 0.25) is 0 Å². The monoisotopic (exact) mass is 380 g/mol. The van der Waals surface area contributed by atoms with Crippen LogP contribution in [0.15, 0.2) is 66.9 Å². The fourth-order valence-corrected chi connectivity index (χ4v) is 2.46. The third-order valence-corrected chi connectivity index (χ3v) is 4.03. The van der Waals surface area contributed by atoms with Crippen LogP contribution in [0.1, 0.15) is 11.3 Å². The summed E-state index contributed by atoms with van der Waals surface area (Å²) in [6, 6.07) is 15.7. The molecule has 0 aliphatic heterocycles. The zero-order valence-corrected chi connectivity index (χ0v) is 15.5. The van der Waals surface area contributed by atoms with Gasteiger partial charge in [-0.3, -0.25) is 4.79 Å². The maximum Gasteiger partial charge on any atom is 0.246 e. The van der Waals surface area contributed by atoms with Crippen molar-refractivity contribution < 1.29 is 13.9 Å². The second-order valence-electron chi connectivity index (χ2n) is 6.22. The molecule has 0 saturated heterocycles. The van der Waals surface area contributed by atoms with E-state index in [1.54, 1.807) is 36.1 Å². The minimum absolute atomic E-state index is 0.166. The van der Waals surface area contributed by atoms with E-state index >= 15 is 0 Å². The molecule has 0 aliphatic carbocycles. The lowest BCUT2D eigenvalue weighted by Crippen LogP contribution is -2.29. The van der Waals surface area contributed by atoms with Crippen molar-refractivity contribution in [1.29, 1.82) is 0 Å². The van der Waals surface area contributed by atoms with Gasteiger partial charge in [0.1, 0.15) is 23.9 Å². The van der Waals surface area contributed by atoms with Crippen LogP contribution in [0.25, 0.3) is 6.08 Å². The summed E-state index contributed by atoms with van der Waals surface area (Å²) in [5.41, 5.74) is 1.74. The molecule has 7 heteroatoms. The van der Waals surface area contributed by atoms with Crippen LogP contribution in [0.5, 0.6) is 5.75 Å². The molecule has 6 nitrogen and oxygen atoms in total. The molecule has 0 atom stereocenters. The van der Waals surface area contributed by atoms with E-state index in [0.29, 0.717) is 31.1 Å². The molecule has 144 valence electrons. The van der Waals surface area contributed by atoms with Crippen LogP contribution in [0, 0.1) is 5.82 Å². The lowest BCUT2D eigenvalue weighted by molar-refractivity contribution is -0.125. The molecule has 0 spiro atoms. The molecule has 3 rings (SSSR count). The van der Waals surface area contributed by atoms with Crippen LogP contribution in [0.4, 0.5) is 4.39 Å². The Morgan fingerprint density at radius 3 is 2.68 bits per heavy atom. The normalized spacial score (nSPS) is 10.9. The number of benzene rings is 2. The summed E-state index contributed by atoms with van der Waals surface area (Å²) in [5.74, 6) is 0.0821. The molecule has 0 N–H and O–H groups in total. The van der Waals surface area contributed by atoms with Crippen LogP contribution < -0.4 is 4.74 Å². The Morgan fingerprint density at radius 2 is 1.93 bits per heavy atom. The molecule has 0 unspecified atom stereocenters.